The number of rotatable bonds is 5. The van der Waals surface area contributed by atoms with Crippen LogP contribution in [-0.4, -0.2) is 15.8 Å². The summed E-state index contributed by atoms with van der Waals surface area (Å²) < 4.78 is 0. The Bertz CT molecular complexity index is 1270. The van der Waals surface area contributed by atoms with Gasteiger partial charge in [-0.3, -0.25) is 14.9 Å². The first-order valence-corrected chi connectivity index (χ1v) is 10.6. The van der Waals surface area contributed by atoms with E-state index in [1.54, 1.807) is 12.1 Å². The van der Waals surface area contributed by atoms with Crippen LogP contribution in [-0.2, 0) is 0 Å². The van der Waals surface area contributed by atoms with Gasteiger partial charge in [0, 0.05) is 39.3 Å². The summed E-state index contributed by atoms with van der Waals surface area (Å²) in [6.45, 7) is 0. The summed E-state index contributed by atoms with van der Waals surface area (Å²) in [6.07, 6.45) is 0. The number of nitro benzene ring substituents is 1. The zero-order valence-corrected chi connectivity index (χ0v) is 18.0. The van der Waals surface area contributed by atoms with Gasteiger partial charge in [0.05, 0.1) is 21.2 Å². The van der Waals surface area contributed by atoms with E-state index in [1.165, 1.54) is 23.5 Å². The van der Waals surface area contributed by atoms with Crippen molar-refractivity contribution in [3.05, 3.63) is 97.8 Å². The van der Waals surface area contributed by atoms with Gasteiger partial charge in [-0.05, 0) is 30.3 Å². The molecule has 31 heavy (non-hydrogen) atoms. The molecule has 0 aliphatic heterocycles. The highest BCUT2D eigenvalue weighted by Gasteiger charge is 2.16. The molecule has 0 radical (unpaired) electrons. The number of hydrogen-bond acceptors (Lipinski definition) is 5. The van der Waals surface area contributed by atoms with Gasteiger partial charge in [-0.2, -0.15) is 0 Å². The van der Waals surface area contributed by atoms with E-state index in [4.69, 9.17) is 23.2 Å². The van der Waals surface area contributed by atoms with E-state index < -0.39 is 10.8 Å². The number of nitrogens with zero attached hydrogens (tertiary/aromatic N) is 2. The molecular weight excluding hydrogens is 457 g/mol. The fourth-order valence-electron chi connectivity index (χ4n) is 2.85. The van der Waals surface area contributed by atoms with E-state index in [1.807, 2.05) is 41.8 Å². The molecule has 1 heterocycles. The summed E-state index contributed by atoms with van der Waals surface area (Å²) in [4.78, 5) is 27.5. The molecule has 0 atom stereocenters. The van der Waals surface area contributed by atoms with Crippen LogP contribution in [0.5, 0.6) is 0 Å². The molecule has 0 unspecified atom stereocenters. The first-order chi connectivity index (χ1) is 14.9. The number of nitro groups is 1. The quantitative estimate of drug-likeness (QED) is 0.253. The van der Waals surface area contributed by atoms with E-state index in [2.05, 4.69) is 10.3 Å². The number of thiazole rings is 1. The summed E-state index contributed by atoms with van der Waals surface area (Å²) in [6, 6.07) is 18.4. The molecule has 3 aromatic carbocycles. The molecule has 9 heteroatoms. The number of aromatic nitrogens is 1. The Hall–Kier alpha value is -3.26. The van der Waals surface area contributed by atoms with Crippen LogP contribution in [0.4, 0.5) is 11.4 Å². The average Bonchev–Trinajstić information content (AvgIpc) is 3.25. The smallest absolute Gasteiger partial charge is 0.270 e. The Labute approximate surface area is 191 Å². The number of benzene rings is 3. The van der Waals surface area contributed by atoms with Gasteiger partial charge in [-0.1, -0.05) is 47.5 Å². The molecule has 0 saturated carbocycles. The molecule has 0 spiro atoms. The largest absolute Gasteiger partial charge is 0.322 e. The predicted octanol–water partition coefficient (Wildman–Crippen LogP) is 6.94. The number of hydrogen-bond donors (Lipinski definition) is 1. The maximum Gasteiger partial charge on any atom is 0.270 e. The molecular formula is C22H13Cl2N3O3S. The second-order valence-electron chi connectivity index (χ2n) is 6.50. The Morgan fingerprint density at radius 1 is 0.968 bits per heavy atom. The third-order valence-corrected chi connectivity index (χ3v) is 5.91. The number of carbonyl (C=O) groups is 1. The van der Waals surface area contributed by atoms with Crippen molar-refractivity contribution in [1.29, 1.82) is 0 Å². The van der Waals surface area contributed by atoms with E-state index in [-0.39, 0.29) is 16.3 Å². The zero-order chi connectivity index (χ0) is 22.0. The average molecular weight is 470 g/mol. The van der Waals surface area contributed by atoms with Crippen LogP contribution in [0.15, 0.2) is 72.1 Å². The van der Waals surface area contributed by atoms with Crippen molar-refractivity contribution in [1.82, 2.24) is 4.98 Å². The number of nitrogens with one attached hydrogen (secondary N) is 1. The van der Waals surface area contributed by atoms with Crippen LogP contribution in [0, 0.1) is 10.1 Å². The van der Waals surface area contributed by atoms with E-state index in [9.17, 15) is 14.9 Å². The van der Waals surface area contributed by atoms with Crippen LogP contribution >= 0.6 is 34.5 Å². The monoisotopic (exact) mass is 469 g/mol. The van der Waals surface area contributed by atoms with Gasteiger partial charge in [0.2, 0.25) is 0 Å². The first-order valence-electron chi connectivity index (χ1n) is 8.98. The molecule has 1 N–H and O–H groups in total. The van der Waals surface area contributed by atoms with Crippen molar-refractivity contribution in [2.45, 2.75) is 0 Å². The molecule has 0 bridgehead atoms. The molecule has 0 saturated heterocycles. The lowest BCUT2D eigenvalue weighted by molar-refractivity contribution is -0.384. The fourth-order valence-corrected chi connectivity index (χ4v) is 4.02. The van der Waals surface area contributed by atoms with E-state index in [0.29, 0.717) is 10.7 Å². The van der Waals surface area contributed by atoms with Crippen molar-refractivity contribution in [2.24, 2.45) is 0 Å². The number of carbonyl (C=O) groups excluding carboxylic acids is 1. The predicted molar refractivity (Wildman–Crippen MR) is 124 cm³/mol. The van der Waals surface area contributed by atoms with Gasteiger partial charge in [-0.15, -0.1) is 11.3 Å². The highest BCUT2D eigenvalue weighted by Crippen LogP contribution is 2.30. The normalized spacial score (nSPS) is 10.6. The van der Waals surface area contributed by atoms with Crippen molar-refractivity contribution in [2.75, 3.05) is 5.32 Å². The Kier molecular flexibility index (Phi) is 5.99. The Morgan fingerprint density at radius 3 is 2.32 bits per heavy atom. The Morgan fingerprint density at radius 2 is 1.65 bits per heavy atom. The van der Waals surface area contributed by atoms with Crippen molar-refractivity contribution < 1.29 is 9.72 Å². The van der Waals surface area contributed by atoms with Crippen LogP contribution in [0.3, 0.4) is 0 Å². The minimum Gasteiger partial charge on any atom is -0.322 e. The van der Waals surface area contributed by atoms with Gasteiger partial charge in [0.1, 0.15) is 5.01 Å². The molecule has 4 aromatic rings. The lowest BCUT2D eigenvalue weighted by Crippen LogP contribution is -2.12. The molecule has 4 rings (SSSR count). The Balaban J connectivity index is 1.50. The third-order valence-electron chi connectivity index (χ3n) is 4.44. The minimum atomic E-state index is -0.575. The van der Waals surface area contributed by atoms with E-state index >= 15 is 0 Å². The van der Waals surface area contributed by atoms with Gasteiger partial charge in [0.15, 0.2) is 0 Å². The van der Waals surface area contributed by atoms with Gasteiger partial charge in [-0.25, -0.2) is 4.98 Å². The topological polar surface area (TPSA) is 85.1 Å². The standard InChI is InChI=1S/C22H13Cl2N3O3S/c23-15-5-1-14(2-6-15)22-26-20(12-31-22)13-3-7-16(8-4-13)25-21(28)18-11-17(27(29)30)9-10-19(18)24/h1-12H,(H,25,28). The molecule has 0 fully saturated rings. The summed E-state index contributed by atoms with van der Waals surface area (Å²) in [5, 5.41) is 17.3. The number of non-ortho nitro benzene ring substituents is 1. The number of amides is 1. The zero-order valence-electron chi connectivity index (χ0n) is 15.7. The van der Waals surface area contributed by atoms with Crippen LogP contribution in [0.2, 0.25) is 10.0 Å². The van der Waals surface area contributed by atoms with Gasteiger partial charge in [0.25, 0.3) is 11.6 Å². The highest BCUT2D eigenvalue weighted by molar-refractivity contribution is 7.13. The first kappa shape index (κ1) is 21.0. The van der Waals surface area contributed by atoms with Gasteiger partial charge < -0.3 is 5.32 Å². The van der Waals surface area contributed by atoms with Gasteiger partial charge >= 0.3 is 0 Å². The summed E-state index contributed by atoms with van der Waals surface area (Å²) >= 11 is 13.5. The van der Waals surface area contributed by atoms with Crippen LogP contribution in [0.1, 0.15) is 10.4 Å². The van der Waals surface area contributed by atoms with E-state index in [0.717, 1.165) is 27.9 Å². The molecule has 0 aliphatic rings. The third kappa shape index (κ3) is 4.74. The second kappa shape index (κ2) is 8.85. The molecule has 1 amide bonds. The van der Waals surface area contributed by atoms with Crippen LogP contribution in [0.25, 0.3) is 21.8 Å². The molecule has 154 valence electrons. The molecule has 6 nitrogen and oxygen atoms in total. The highest BCUT2D eigenvalue weighted by atomic mass is 35.5. The number of halogens is 2. The summed E-state index contributed by atoms with van der Waals surface area (Å²) in [5.41, 5.74) is 3.05. The molecule has 1 aromatic heterocycles. The number of anilines is 1. The van der Waals surface area contributed by atoms with Crippen molar-refractivity contribution in [3.8, 4) is 21.8 Å². The van der Waals surface area contributed by atoms with Crippen molar-refractivity contribution in [3.63, 3.8) is 0 Å². The summed E-state index contributed by atoms with van der Waals surface area (Å²) in [7, 11) is 0. The summed E-state index contributed by atoms with van der Waals surface area (Å²) in [5.74, 6) is -0.528. The molecule has 0 aliphatic carbocycles. The maximum absolute atomic E-state index is 12.5. The lowest BCUT2D eigenvalue weighted by Gasteiger charge is -2.07. The minimum absolute atomic E-state index is 0.0343. The lowest BCUT2D eigenvalue weighted by atomic mass is 10.1. The van der Waals surface area contributed by atoms with Crippen LogP contribution < -0.4 is 5.32 Å². The van der Waals surface area contributed by atoms with Crippen molar-refractivity contribution >= 4 is 51.8 Å². The maximum atomic E-state index is 12.5. The second-order valence-corrected chi connectivity index (χ2v) is 8.20. The SMILES string of the molecule is O=C(Nc1ccc(-c2csc(-c3ccc(Cl)cc3)n2)cc1)c1cc([N+](=O)[O-])ccc1Cl. The fraction of sp³-hybridized carbons (Fsp3) is 0.